The molecule has 1 amide bonds. The summed E-state index contributed by atoms with van der Waals surface area (Å²) in [4.78, 5) is 34.3. The third kappa shape index (κ3) is 7.23. The molecule has 0 aliphatic carbocycles. The molecule has 3 aliphatic rings. The first kappa shape index (κ1) is 33.6. The van der Waals surface area contributed by atoms with E-state index in [1.807, 2.05) is 12.1 Å². The van der Waals surface area contributed by atoms with E-state index >= 15 is 0 Å². The van der Waals surface area contributed by atoms with Crippen LogP contribution in [-0.2, 0) is 9.63 Å². The Morgan fingerprint density at radius 1 is 1.02 bits per heavy atom. The van der Waals surface area contributed by atoms with Crippen molar-refractivity contribution in [3.05, 3.63) is 72.6 Å². The molecule has 3 saturated heterocycles. The van der Waals surface area contributed by atoms with E-state index in [0.717, 1.165) is 44.7 Å². The van der Waals surface area contributed by atoms with Crippen LogP contribution < -0.4 is 25.3 Å². The Labute approximate surface area is 280 Å². The fourth-order valence-corrected chi connectivity index (χ4v) is 7.08. The number of piperidine rings is 2. The molecule has 0 unspecified atom stereocenters. The molecule has 0 spiro atoms. The molecule has 256 valence electrons. The number of ether oxygens (including phenoxy) is 1. The number of benzene rings is 2. The maximum atomic E-state index is 14.7. The summed E-state index contributed by atoms with van der Waals surface area (Å²) in [5.74, 6) is -0.325. The topological polar surface area (TPSA) is 98.3 Å². The second-order valence-electron chi connectivity index (χ2n) is 12.7. The molecule has 1 aromatic heterocycles. The van der Waals surface area contributed by atoms with E-state index in [1.165, 1.54) is 48.5 Å². The average Bonchev–Trinajstić information content (AvgIpc) is 3.58. The smallest absolute Gasteiger partial charge is 0.247 e. The lowest BCUT2D eigenvalue weighted by Gasteiger charge is -2.43. The number of anilines is 5. The van der Waals surface area contributed by atoms with E-state index in [1.54, 1.807) is 13.2 Å². The third-order valence-electron chi connectivity index (χ3n) is 9.69. The summed E-state index contributed by atoms with van der Waals surface area (Å²) >= 11 is 0. The van der Waals surface area contributed by atoms with E-state index in [2.05, 4.69) is 56.0 Å². The zero-order valence-electron chi connectivity index (χ0n) is 27.8. The van der Waals surface area contributed by atoms with Crippen molar-refractivity contribution >= 4 is 34.6 Å². The normalized spacial score (nSPS) is 19.5. The number of carbonyl (C=O) groups excluding carboxylic acids is 1. The monoisotopic (exact) mass is 662 g/mol. The van der Waals surface area contributed by atoms with Gasteiger partial charge in [-0.25, -0.2) is 23.8 Å². The molecule has 4 heterocycles. The van der Waals surface area contributed by atoms with Crippen LogP contribution in [0.15, 0.2) is 55.4 Å². The number of halogens is 2. The fraction of sp³-hybridized carbons (Fsp3) is 0.457. The lowest BCUT2D eigenvalue weighted by atomic mass is 9.97. The molecule has 13 heteroatoms. The van der Waals surface area contributed by atoms with Gasteiger partial charge < -0.3 is 30.1 Å². The van der Waals surface area contributed by atoms with Crippen LogP contribution in [0.4, 0.5) is 37.5 Å². The number of likely N-dealkylation sites (tertiary alicyclic amines) is 1. The number of nitrogens with zero attached hydrogens (tertiary/aromatic N) is 6. The van der Waals surface area contributed by atoms with Crippen LogP contribution in [0.2, 0.25) is 0 Å². The van der Waals surface area contributed by atoms with Gasteiger partial charge in [-0.2, -0.15) is 0 Å². The van der Waals surface area contributed by atoms with Gasteiger partial charge in [-0.1, -0.05) is 12.6 Å². The molecule has 2 N–H and O–H groups in total. The molecular weight excluding hydrogens is 618 g/mol. The molecular formula is C35H44F2N8O3. The van der Waals surface area contributed by atoms with Gasteiger partial charge in [0.1, 0.15) is 29.5 Å². The first-order chi connectivity index (χ1) is 23.2. The molecule has 0 bridgehead atoms. The Morgan fingerprint density at radius 2 is 1.75 bits per heavy atom. The maximum Gasteiger partial charge on any atom is 0.247 e. The lowest BCUT2D eigenvalue weighted by molar-refractivity contribution is -0.111. The molecule has 0 saturated carbocycles. The number of methoxy groups -OCH3 is 1. The third-order valence-corrected chi connectivity index (χ3v) is 9.69. The van der Waals surface area contributed by atoms with E-state index in [9.17, 15) is 13.6 Å². The Morgan fingerprint density at radius 3 is 2.42 bits per heavy atom. The zero-order chi connectivity index (χ0) is 33.8. The number of amides is 1. The Kier molecular flexibility index (Phi) is 10.4. The molecule has 48 heavy (non-hydrogen) atoms. The summed E-state index contributed by atoms with van der Waals surface area (Å²) in [5, 5.41) is 7.67. The van der Waals surface area contributed by atoms with Gasteiger partial charge in [0.2, 0.25) is 5.91 Å². The van der Waals surface area contributed by atoms with Crippen LogP contribution in [0.1, 0.15) is 43.7 Å². The van der Waals surface area contributed by atoms with Crippen LogP contribution in [0, 0.1) is 11.6 Å². The van der Waals surface area contributed by atoms with Crippen LogP contribution >= 0.6 is 0 Å². The summed E-state index contributed by atoms with van der Waals surface area (Å²) in [6.07, 6.45) is 7.43. The predicted molar refractivity (Wildman–Crippen MR) is 183 cm³/mol. The SMILES string of the molecule is C=CC(=O)Nc1cc(Nc2cc(N3OCC[C@H]3c3c(F)cccc3F)ncn2)c(OC)cc1N1CCC(N2CCC(N(C)C)CC2)CC1. The van der Waals surface area contributed by atoms with Crippen LogP contribution in [0.5, 0.6) is 5.75 Å². The lowest BCUT2D eigenvalue weighted by Crippen LogP contribution is -2.50. The van der Waals surface area contributed by atoms with Gasteiger partial charge in [0.15, 0.2) is 5.82 Å². The summed E-state index contributed by atoms with van der Waals surface area (Å²) < 4.78 is 35.2. The van der Waals surface area contributed by atoms with Crippen molar-refractivity contribution in [2.75, 3.05) is 74.6 Å². The van der Waals surface area contributed by atoms with Gasteiger partial charge in [-0.15, -0.1) is 0 Å². The summed E-state index contributed by atoms with van der Waals surface area (Å²) in [6.45, 7) is 7.85. The van der Waals surface area contributed by atoms with Gasteiger partial charge >= 0.3 is 0 Å². The molecule has 6 rings (SSSR count). The van der Waals surface area contributed by atoms with Crippen molar-refractivity contribution in [1.29, 1.82) is 0 Å². The highest BCUT2D eigenvalue weighted by Crippen LogP contribution is 2.41. The fourth-order valence-electron chi connectivity index (χ4n) is 7.08. The molecule has 11 nitrogen and oxygen atoms in total. The average molecular weight is 663 g/mol. The Balaban J connectivity index is 1.21. The van der Waals surface area contributed by atoms with Gasteiger partial charge in [0, 0.05) is 49.3 Å². The largest absolute Gasteiger partial charge is 0.494 e. The maximum absolute atomic E-state index is 14.7. The molecule has 1 atom stereocenters. The molecule has 0 radical (unpaired) electrons. The van der Waals surface area contributed by atoms with Crippen molar-refractivity contribution in [1.82, 2.24) is 19.8 Å². The number of nitrogens with one attached hydrogen (secondary N) is 2. The highest BCUT2D eigenvalue weighted by Gasteiger charge is 2.34. The van der Waals surface area contributed by atoms with E-state index in [-0.39, 0.29) is 18.1 Å². The number of aromatic nitrogens is 2. The second kappa shape index (κ2) is 14.8. The number of carbonyl (C=O) groups is 1. The number of rotatable bonds is 10. The quantitative estimate of drug-likeness (QED) is 0.271. The highest BCUT2D eigenvalue weighted by atomic mass is 19.1. The van der Waals surface area contributed by atoms with E-state index in [0.29, 0.717) is 47.3 Å². The second-order valence-corrected chi connectivity index (χ2v) is 12.7. The standard InChI is InChI=1S/C35H44F2N8O3/c1-5-34(46)41-27-19-28(31(47-4)20-30(27)44-16-11-24(12-17-44)43-14-9-23(10-15-43)42(2)3)40-32-21-33(39-22-38-32)45-29(13-18-48-45)35-25(36)7-6-8-26(35)37/h5-8,19-24,29H,1,9-18H2,2-4H3,(H,41,46)(H,38,39,40)/t29-/m0/s1. The minimum absolute atomic E-state index is 0.0686. The van der Waals surface area contributed by atoms with Gasteiger partial charge in [0.25, 0.3) is 0 Å². The minimum atomic E-state index is -0.697. The van der Waals surface area contributed by atoms with Crippen LogP contribution in [0.25, 0.3) is 0 Å². The summed E-state index contributed by atoms with van der Waals surface area (Å²) in [7, 11) is 5.92. The molecule has 2 aromatic carbocycles. The number of hydrogen-bond acceptors (Lipinski definition) is 10. The summed E-state index contributed by atoms with van der Waals surface area (Å²) in [5.41, 5.74) is 1.96. The van der Waals surface area contributed by atoms with E-state index in [4.69, 9.17) is 9.57 Å². The van der Waals surface area contributed by atoms with Crippen LogP contribution in [0.3, 0.4) is 0 Å². The van der Waals surface area contributed by atoms with Crippen molar-refractivity contribution in [2.45, 2.75) is 50.2 Å². The molecule has 3 aliphatic heterocycles. The van der Waals surface area contributed by atoms with Crippen molar-refractivity contribution < 1.29 is 23.1 Å². The van der Waals surface area contributed by atoms with Gasteiger partial charge in [-0.3, -0.25) is 9.63 Å². The predicted octanol–water partition coefficient (Wildman–Crippen LogP) is 5.51. The Hall–Kier alpha value is -4.33. The van der Waals surface area contributed by atoms with Crippen molar-refractivity contribution in [2.24, 2.45) is 0 Å². The number of hydrogen-bond donors (Lipinski definition) is 2. The van der Waals surface area contributed by atoms with Crippen molar-refractivity contribution in [3.63, 3.8) is 0 Å². The van der Waals surface area contributed by atoms with Crippen molar-refractivity contribution in [3.8, 4) is 5.75 Å². The summed E-state index contributed by atoms with van der Waals surface area (Å²) in [6, 6.07) is 9.68. The highest BCUT2D eigenvalue weighted by molar-refractivity contribution is 6.02. The Bertz CT molecular complexity index is 1590. The van der Waals surface area contributed by atoms with Gasteiger partial charge in [0.05, 0.1) is 36.8 Å². The van der Waals surface area contributed by atoms with E-state index < -0.39 is 17.7 Å². The van der Waals surface area contributed by atoms with Crippen LogP contribution in [-0.4, -0.2) is 91.7 Å². The zero-order valence-corrected chi connectivity index (χ0v) is 27.8. The first-order valence-corrected chi connectivity index (χ1v) is 16.5. The molecule has 3 fully saturated rings. The van der Waals surface area contributed by atoms with Gasteiger partial charge in [-0.05, 0) is 77.1 Å². The minimum Gasteiger partial charge on any atom is -0.494 e. The first-order valence-electron chi connectivity index (χ1n) is 16.5. The number of hydroxylamine groups is 1. The molecule has 3 aromatic rings.